The van der Waals surface area contributed by atoms with Gasteiger partial charge in [-0.25, -0.2) is 0 Å². The van der Waals surface area contributed by atoms with E-state index in [4.69, 9.17) is 9.15 Å². The SMILES string of the molecule is O=C(c1ccco1)N1CC[C@@H](Oc2cccc3cccnc23)C1. The van der Waals surface area contributed by atoms with E-state index in [0.29, 0.717) is 18.8 Å². The first-order valence-electron chi connectivity index (χ1n) is 7.64. The van der Waals surface area contributed by atoms with E-state index in [-0.39, 0.29) is 12.0 Å². The van der Waals surface area contributed by atoms with Crippen molar-refractivity contribution in [2.75, 3.05) is 13.1 Å². The Balaban J connectivity index is 1.49. The number of hydrogen-bond acceptors (Lipinski definition) is 4. The molecule has 1 aliphatic heterocycles. The highest BCUT2D eigenvalue weighted by Gasteiger charge is 2.29. The molecule has 0 N–H and O–H groups in total. The molecule has 1 amide bonds. The fourth-order valence-corrected chi connectivity index (χ4v) is 2.92. The molecule has 0 unspecified atom stereocenters. The molecule has 116 valence electrons. The molecule has 4 rings (SSSR count). The number of likely N-dealkylation sites (tertiary alicyclic amines) is 1. The minimum Gasteiger partial charge on any atom is -0.486 e. The van der Waals surface area contributed by atoms with Crippen LogP contribution in [0.2, 0.25) is 0 Å². The Morgan fingerprint density at radius 1 is 1.22 bits per heavy atom. The van der Waals surface area contributed by atoms with Crippen molar-refractivity contribution < 1.29 is 13.9 Å². The van der Waals surface area contributed by atoms with E-state index in [0.717, 1.165) is 23.1 Å². The predicted molar refractivity (Wildman–Crippen MR) is 85.4 cm³/mol. The molecule has 3 heterocycles. The monoisotopic (exact) mass is 308 g/mol. The van der Waals surface area contributed by atoms with Crippen molar-refractivity contribution in [3.05, 3.63) is 60.7 Å². The van der Waals surface area contributed by atoms with Gasteiger partial charge in [0, 0.05) is 24.5 Å². The molecule has 23 heavy (non-hydrogen) atoms. The molecule has 1 saturated heterocycles. The summed E-state index contributed by atoms with van der Waals surface area (Å²) in [7, 11) is 0. The van der Waals surface area contributed by atoms with Crippen LogP contribution in [0.1, 0.15) is 17.0 Å². The van der Waals surface area contributed by atoms with Crippen LogP contribution in [-0.4, -0.2) is 35.0 Å². The van der Waals surface area contributed by atoms with E-state index in [2.05, 4.69) is 4.98 Å². The number of rotatable bonds is 3. The summed E-state index contributed by atoms with van der Waals surface area (Å²) in [5, 5.41) is 1.05. The van der Waals surface area contributed by atoms with Crippen LogP contribution in [0.4, 0.5) is 0 Å². The van der Waals surface area contributed by atoms with Gasteiger partial charge < -0.3 is 14.1 Å². The van der Waals surface area contributed by atoms with E-state index in [1.807, 2.05) is 30.3 Å². The fourth-order valence-electron chi connectivity index (χ4n) is 2.92. The van der Waals surface area contributed by atoms with Crippen LogP contribution in [0.15, 0.2) is 59.3 Å². The molecule has 0 radical (unpaired) electrons. The number of carbonyl (C=O) groups excluding carboxylic acids is 1. The lowest BCUT2D eigenvalue weighted by Gasteiger charge is -2.17. The van der Waals surface area contributed by atoms with Crippen molar-refractivity contribution in [3.8, 4) is 5.75 Å². The molecule has 0 saturated carbocycles. The second-order valence-electron chi connectivity index (χ2n) is 5.59. The van der Waals surface area contributed by atoms with Crippen molar-refractivity contribution in [1.29, 1.82) is 0 Å². The van der Waals surface area contributed by atoms with Crippen molar-refractivity contribution >= 4 is 16.8 Å². The van der Waals surface area contributed by atoms with Crippen LogP contribution in [0, 0.1) is 0 Å². The summed E-state index contributed by atoms with van der Waals surface area (Å²) < 4.78 is 11.3. The van der Waals surface area contributed by atoms with Crippen molar-refractivity contribution in [2.24, 2.45) is 0 Å². The molecular formula is C18H16N2O3. The number of aromatic nitrogens is 1. The minimum absolute atomic E-state index is 0.0264. The summed E-state index contributed by atoms with van der Waals surface area (Å²) in [4.78, 5) is 18.4. The number of benzene rings is 1. The Kier molecular flexibility index (Phi) is 3.46. The number of furan rings is 1. The molecule has 1 atom stereocenters. The highest BCUT2D eigenvalue weighted by atomic mass is 16.5. The molecule has 5 heteroatoms. The van der Waals surface area contributed by atoms with Gasteiger partial charge in [0.15, 0.2) is 5.76 Å². The van der Waals surface area contributed by atoms with Gasteiger partial charge in [-0.3, -0.25) is 9.78 Å². The molecule has 1 aromatic carbocycles. The third-order valence-electron chi connectivity index (χ3n) is 4.05. The molecule has 0 spiro atoms. The third-order valence-corrected chi connectivity index (χ3v) is 4.05. The van der Waals surface area contributed by atoms with Crippen molar-refractivity contribution in [1.82, 2.24) is 9.88 Å². The second-order valence-corrected chi connectivity index (χ2v) is 5.59. The highest BCUT2D eigenvalue weighted by molar-refractivity contribution is 5.91. The zero-order valence-corrected chi connectivity index (χ0v) is 12.5. The fraction of sp³-hybridized carbons (Fsp3) is 0.222. The van der Waals surface area contributed by atoms with E-state index >= 15 is 0 Å². The van der Waals surface area contributed by atoms with Crippen molar-refractivity contribution in [2.45, 2.75) is 12.5 Å². The molecule has 5 nitrogen and oxygen atoms in total. The van der Waals surface area contributed by atoms with E-state index < -0.39 is 0 Å². The number of carbonyl (C=O) groups is 1. The zero-order chi connectivity index (χ0) is 15.6. The smallest absolute Gasteiger partial charge is 0.289 e. The van der Waals surface area contributed by atoms with E-state index in [1.165, 1.54) is 6.26 Å². The van der Waals surface area contributed by atoms with Crippen LogP contribution in [0.5, 0.6) is 5.75 Å². The number of fused-ring (bicyclic) bond motifs is 1. The van der Waals surface area contributed by atoms with Crippen LogP contribution in [-0.2, 0) is 0 Å². The van der Waals surface area contributed by atoms with Gasteiger partial charge >= 0.3 is 0 Å². The van der Waals surface area contributed by atoms with Gasteiger partial charge in [-0.1, -0.05) is 18.2 Å². The van der Waals surface area contributed by atoms with Crippen LogP contribution < -0.4 is 4.74 Å². The lowest BCUT2D eigenvalue weighted by molar-refractivity contribution is 0.0741. The summed E-state index contributed by atoms with van der Waals surface area (Å²) >= 11 is 0. The summed E-state index contributed by atoms with van der Waals surface area (Å²) in [6.45, 7) is 1.23. The number of amides is 1. The highest BCUT2D eigenvalue weighted by Crippen LogP contribution is 2.26. The maximum atomic E-state index is 12.3. The number of para-hydroxylation sites is 1. The van der Waals surface area contributed by atoms with Gasteiger partial charge in [-0.15, -0.1) is 0 Å². The average molecular weight is 308 g/mol. The van der Waals surface area contributed by atoms with Gasteiger partial charge in [0.1, 0.15) is 17.4 Å². The first-order chi connectivity index (χ1) is 11.3. The molecule has 1 fully saturated rings. The Hall–Kier alpha value is -2.82. The first kappa shape index (κ1) is 13.8. The number of pyridine rings is 1. The van der Waals surface area contributed by atoms with Gasteiger partial charge in [0.2, 0.25) is 0 Å². The van der Waals surface area contributed by atoms with Crippen LogP contribution >= 0.6 is 0 Å². The van der Waals surface area contributed by atoms with Gasteiger partial charge in [0.05, 0.1) is 12.8 Å². The third kappa shape index (κ3) is 2.65. The maximum absolute atomic E-state index is 12.3. The second kappa shape index (κ2) is 5.76. The molecule has 3 aromatic rings. The standard InChI is InChI=1S/C18H16N2O3/c21-18(16-7-3-11-22-16)20-10-8-14(12-20)23-15-6-1-4-13-5-2-9-19-17(13)15/h1-7,9,11,14H,8,10,12H2/t14-/m1/s1. The largest absolute Gasteiger partial charge is 0.486 e. The summed E-state index contributed by atoms with van der Waals surface area (Å²) in [6.07, 6.45) is 4.05. The molecular weight excluding hydrogens is 292 g/mol. The number of nitrogens with zero attached hydrogens (tertiary/aromatic N) is 2. The van der Waals surface area contributed by atoms with E-state index in [9.17, 15) is 4.79 Å². The Bertz CT molecular complexity index is 824. The summed E-state index contributed by atoms with van der Waals surface area (Å²) in [5.41, 5.74) is 0.853. The number of hydrogen-bond donors (Lipinski definition) is 0. The van der Waals surface area contributed by atoms with Crippen LogP contribution in [0.25, 0.3) is 10.9 Å². The molecule has 1 aliphatic rings. The lowest BCUT2D eigenvalue weighted by atomic mass is 10.2. The predicted octanol–water partition coefficient (Wildman–Crippen LogP) is 3.12. The van der Waals surface area contributed by atoms with Gasteiger partial charge in [-0.2, -0.15) is 0 Å². The lowest BCUT2D eigenvalue weighted by Crippen LogP contribution is -2.30. The minimum atomic E-state index is -0.0860. The molecule has 0 bridgehead atoms. The van der Waals surface area contributed by atoms with Gasteiger partial charge in [0.25, 0.3) is 5.91 Å². The summed E-state index contributed by atoms with van der Waals surface area (Å²) in [6, 6.07) is 13.2. The molecule has 2 aromatic heterocycles. The quantitative estimate of drug-likeness (QED) is 0.746. The normalized spacial score (nSPS) is 17.6. The summed E-state index contributed by atoms with van der Waals surface area (Å²) in [5.74, 6) is 1.05. The average Bonchev–Trinajstić information content (AvgIpc) is 3.27. The van der Waals surface area contributed by atoms with Crippen molar-refractivity contribution in [3.63, 3.8) is 0 Å². The van der Waals surface area contributed by atoms with Gasteiger partial charge in [-0.05, 0) is 24.3 Å². The topological polar surface area (TPSA) is 55.6 Å². The molecule has 0 aliphatic carbocycles. The first-order valence-corrected chi connectivity index (χ1v) is 7.64. The van der Waals surface area contributed by atoms with Crippen LogP contribution in [0.3, 0.4) is 0 Å². The Labute approximate surface area is 133 Å². The Morgan fingerprint density at radius 2 is 2.13 bits per heavy atom. The van der Waals surface area contributed by atoms with E-state index in [1.54, 1.807) is 23.2 Å². The maximum Gasteiger partial charge on any atom is 0.289 e. The zero-order valence-electron chi connectivity index (χ0n) is 12.5. The number of ether oxygens (including phenoxy) is 1. The Morgan fingerprint density at radius 3 is 3.00 bits per heavy atom.